The summed E-state index contributed by atoms with van der Waals surface area (Å²) in [6, 6.07) is 8.65. The molecule has 0 saturated carbocycles. The summed E-state index contributed by atoms with van der Waals surface area (Å²) in [7, 11) is 0. The number of allylic oxidation sites excluding steroid dienone is 1. The third-order valence-electron chi connectivity index (χ3n) is 2.51. The average molecular weight is 291 g/mol. The average Bonchev–Trinajstić information content (AvgIpc) is 2.43. The molecule has 0 heterocycles. The fraction of sp³-hybridized carbons (Fsp3) is 0.267. The minimum Gasteiger partial charge on any atom is -0.355 e. The Morgan fingerprint density at radius 3 is 2.85 bits per heavy atom. The molecule has 0 aromatic heterocycles. The summed E-state index contributed by atoms with van der Waals surface area (Å²) < 4.78 is 0. The van der Waals surface area contributed by atoms with Crippen molar-refractivity contribution in [3.05, 3.63) is 40.9 Å². The SMILES string of the molecule is CCCNC(=O)C(C#N)C(=O)C=Cc1cccc(Cl)c1. The van der Waals surface area contributed by atoms with Gasteiger partial charge in [-0.3, -0.25) is 9.59 Å². The molecule has 0 spiro atoms. The van der Waals surface area contributed by atoms with Gasteiger partial charge in [-0.1, -0.05) is 36.7 Å². The van der Waals surface area contributed by atoms with Crippen molar-refractivity contribution < 1.29 is 9.59 Å². The molecule has 0 fully saturated rings. The Labute approximate surface area is 123 Å². The van der Waals surface area contributed by atoms with Gasteiger partial charge in [-0.05, 0) is 30.2 Å². The molecule has 1 aromatic rings. The first-order valence-electron chi connectivity index (χ1n) is 6.23. The molecule has 0 radical (unpaired) electrons. The van der Waals surface area contributed by atoms with Gasteiger partial charge in [-0.2, -0.15) is 5.26 Å². The molecule has 1 rings (SSSR count). The highest BCUT2D eigenvalue weighted by atomic mass is 35.5. The van der Waals surface area contributed by atoms with Gasteiger partial charge in [-0.25, -0.2) is 0 Å². The Bertz CT molecular complexity index is 561. The largest absolute Gasteiger partial charge is 0.355 e. The molecule has 0 aliphatic carbocycles. The van der Waals surface area contributed by atoms with Crippen LogP contribution in [0.2, 0.25) is 5.02 Å². The summed E-state index contributed by atoms with van der Waals surface area (Å²) in [5.41, 5.74) is 0.733. The van der Waals surface area contributed by atoms with Crippen molar-refractivity contribution in [1.82, 2.24) is 5.32 Å². The lowest BCUT2D eigenvalue weighted by Crippen LogP contribution is -2.34. The van der Waals surface area contributed by atoms with E-state index in [1.165, 1.54) is 12.2 Å². The van der Waals surface area contributed by atoms with Gasteiger partial charge in [0.05, 0.1) is 6.07 Å². The van der Waals surface area contributed by atoms with Gasteiger partial charge in [0.1, 0.15) is 0 Å². The molecule has 0 saturated heterocycles. The number of carbonyl (C=O) groups is 2. The summed E-state index contributed by atoms with van der Waals surface area (Å²) in [4.78, 5) is 23.5. The topological polar surface area (TPSA) is 70.0 Å². The van der Waals surface area contributed by atoms with Gasteiger partial charge in [0.25, 0.3) is 0 Å². The monoisotopic (exact) mass is 290 g/mol. The van der Waals surface area contributed by atoms with Gasteiger partial charge in [0.2, 0.25) is 5.91 Å². The summed E-state index contributed by atoms with van der Waals surface area (Å²) >= 11 is 5.82. The predicted molar refractivity (Wildman–Crippen MR) is 77.9 cm³/mol. The van der Waals surface area contributed by atoms with Gasteiger partial charge in [-0.15, -0.1) is 0 Å². The molecule has 5 heteroatoms. The first-order valence-corrected chi connectivity index (χ1v) is 6.61. The minimum atomic E-state index is -1.31. The third-order valence-corrected chi connectivity index (χ3v) is 2.75. The van der Waals surface area contributed by atoms with Crippen LogP contribution in [0.3, 0.4) is 0 Å². The number of hydrogen-bond acceptors (Lipinski definition) is 3. The number of ketones is 1. The maximum Gasteiger partial charge on any atom is 0.245 e. The van der Waals surface area contributed by atoms with Crippen LogP contribution in [0.1, 0.15) is 18.9 Å². The normalized spacial score (nSPS) is 11.8. The first-order chi connectivity index (χ1) is 9.58. The molecule has 0 aliphatic heterocycles. The van der Waals surface area contributed by atoms with Crippen LogP contribution in [-0.2, 0) is 9.59 Å². The molecular formula is C15H15ClN2O2. The number of nitrogens with zero attached hydrogens (tertiary/aromatic N) is 1. The zero-order chi connectivity index (χ0) is 15.0. The number of nitriles is 1. The van der Waals surface area contributed by atoms with Crippen LogP contribution in [0.5, 0.6) is 0 Å². The second-order valence-electron chi connectivity index (χ2n) is 4.14. The molecule has 1 amide bonds. The van der Waals surface area contributed by atoms with Crippen LogP contribution in [-0.4, -0.2) is 18.2 Å². The van der Waals surface area contributed by atoms with Crippen LogP contribution < -0.4 is 5.32 Å². The molecule has 1 N–H and O–H groups in total. The van der Waals surface area contributed by atoms with E-state index >= 15 is 0 Å². The fourth-order valence-corrected chi connectivity index (χ4v) is 1.69. The Balaban J connectivity index is 2.73. The Morgan fingerprint density at radius 1 is 1.50 bits per heavy atom. The molecule has 4 nitrogen and oxygen atoms in total. The Hall–Kier alpha value is -2.12. The number of nitrogens with one attached hydrogen (secondary N) is 1. The summed E-state index contributed by atoms with van der Waals surface area (Å²) in [6.07, 6.45) is 3.51. The highest BCUT2D eigenvalue weighted by Gasteiger charge is 2.23. The Morgan fingerprint density at radius 2 is 2.25 bits per heavy atom. The molecule has 0 aliphatic rings. The van der Waals surface area contributed by atoms with Gasteiger partial charge < -0.3 is 5.32 Å². The summed E-state index contributed by atoms with van der Waals surface area (Å²) in [5.74, 6) is -2.41. The van der Waals surface area contributed by atoms with Crippen LogP contribution in [0.15, 0.2) is 30.3 Å². The molecule has 1 unspecified atom stereocenters. The maximum absolute atomic E-state index is 11.8. The van der Waals surface area contributed by atoms with E-state index in [4.69, 9.17) is 16.9 Å². The molecule has 0 bridgehead atoms. The third kappa shape index (κ3) is 4.87. The van der Waals surface area contributed by atoms with Gasteiger partial charge >= 0.3 is 0 Å². The van der Waals surface area contributed by atoms with Crippen molar-refractivity contribution in [1.29, 1.82) is 5.26 Å². The lowest BCUT2D eigenvalue weighted by atomic mass is 10.0. The van der Waals surface area contributed by atoms with Crippen LogP contribution in [0.4, 0.5) is 0 Å². The van der Waals surface area contributed by atoms with Gasteiger partial charge in [0, 0.05) is 11.6 Å². The highest BCUT2D eigenvalue weighted by Crippen LogP contribution is 2.12. The van der Waals surface area contributed by atoms with E-state index < -0.39 is 17.6 Å². The quantitative estimate of drug-likeness (QED) is 0.646. The second kappa shape index (κ2) is 8.13. The molecule has 104 valence electrons. The van der Waals surface area contributed by atoms with E-state index in [0.29, 0.717) is 11.6 Å². The molecular weight excluding hydrogens is 276 g/mol. The minimum absolute atomic E-state index is 0.447. The zero-order valence-electron chi connectivity index (χ0n) is 11.1. The highest BCUT2D eigenvalue weighted by molar-refractivity contribution is 6.30. The van der Waals surface area contributed by atoms with Crippen molar-refractivity contribution in [3.63, 3.8) is 0 Å². The van der Waals surface area contributed by atoms with E-state index in [0.717, 1.165) is 12.0 Å². The number of rotatable bonds is 6. The van der Waals surface area contributed by atoms with Crippen LogP contribution >= 0.6 is 11.6 Å². The van der Waals surface area contributed by atoms with E-state index in [-0.39, 0.29) is 0 Å². The van der Waals surface area contributed by atoms with E-state index in [2.05, 4.69) is 5.32 Å². The van der Waals surface area contributed by atoms with E-state index in [1.807, 2.05) is 6.92 Å². The van der Waals surface area contributed by atoms with Crippen LogP contribution in [0, 0.1) is 17.2 Å². The number of benzene rings is 1. The zero-order valence-corrected chi connectivity index (χ0v) is 11.9. The first kappa shape index (κ1) is 15.9. The number of amides is 1. The molecule has 1 atom stereocenters. The number of carbonyl (C=O) groups excluding carboxylic acids is 2. The number of halogens is 1. The standard InChI is InChI=1S/C15H15ClN2O2/c1-2-8-18-15(20)13(10-17)14(19)7-6-11-4-3-5-12(16)9-11/h3-7,9,13H,2,8H2,1H3,(H,18,20). The smallest absolute Gasteiger partial charge is 0.245 e. The molecule has 20 heavy (non-hydrogen) atoms. The number of hydrogen-bond donors (Lipinski definition) is 1. The molecule has 1 aromatic carbocycles. The lowest BCUT2D eigenvalue weighted by Gasteiger charge is -2.06. The van der Waals surface area contributed by atoms with E-state index in [1.54, 1.807) is 30.3 Å². The van der Waals surface area contributed by atoms with Gasteiger partial charge in [0.15, 0.2) is 11.7 Å². The van der Waals surface area contributed by atoms with Crippen molar-refractivity contribution in [3.8, 4) is 6.07 Å². The lowest BCUT2D eigenvalue weighted by molar-refractivity contribution is -0.129. The van der Waals surface area contributed by atoms with Crippen molar-refractivity contribution in [2.24, 2.45) is 5.92 Å². The maximum atomic E-state index is 11.8. The van der Waals surface area contributed by atoms with Crippen molar-refractivity contribution >= 4 is 29.4 Å². The summed E-state index contributed by atoms with van der Waals surface area (Å²) in [6.45, 7) is 2.34. The van der Waals surface area contributed by atoms with Crippen LogP contribution in [0.25, 0.3) is 6.08 Å². The van der Waals surface area contributed by atoms with Crippen molar-refractivity contribution in [2.75, 3.05) is 6.54 Å². The second-order valence-corrected chi connectivity index (χ2v) is 4.58. The fourth-order valence-electron chi connectivity index (χ4n) is 1.49. The van der Waals surface area contributed by atoms with E-state index in [9.17, 15) is 9.59 Å². The predicted octanol–water partition coefficient (Wildman–Crippen LogP) is 2.59. The van der Waals surface area contributed by atoms with Crippen molar-refractivity contribution in [2.45, 2.75) is 13.3 Å². The summed E-state index contributed by atoms with van der Waals surface area (Å²) in [5, 5.41) is 12.0. The Kier molecular flexibility index (Phi) is 6.48.